The van der Waals surface area contributed by atoms with Crippen molar-refractivity contribution in [2.75, 3.05) is 32.5 Å². The van der Waals surface area contributed by atoms with Crippen molar-refractivity contribution in [2.45, 2.75) is 0 Å². The van der Waals surface area contributed by atoms with E-state index in [0.29, 0.717) is 16.7 Å². The highest BCUT2D eigenvalue weighted by Gasteiger charge is 2.33. The summed E-state index contributed by atoms with van der Waals surface area (Å²) in [5.41, 5.74) is 1.99. The molecule has 0 saturated heterocycles. The van der Waals surface area contributed by atoms with Crippen LogP contribution in [-0.2, 0) is 23.8 Å². The van der Waals surface area contributed by atoms with Crippen LogP contribution in [0.5, 0.6) is 0 Å². The molecule has 0 atom stereocenters. The summed E-state index contributed by atoms with van der Waals surface area (Å²) in [5, 5.41) is 0. The van der Waals surface area contributed by atoms with E-state index in [2.05, 4.69) is 9.97 Å². The molecular formula is C16H15N3O5. The number of para-hydroxylation sites is 1. The van der Waals surface area contributed by atoms with Gasteiger partial charge in [0.15, 0.2) is 0 Å². The molecule has 2 aromatic rings. The van der Waals surface area contributed by atoms with Gasteiger partial charge in [-0.15, -0.1) is 0 Å². The summed E-state index contributed by atoms with van der Waals surface area (Å²) < 4.78 is 15.0. The Morgan fingerprint density at radius 3 is 2.62 bits per heavy atom. The Bertz CT molecular complexity index is 828. The second kappa shape index (κ2) is 6.63. The van der Waals surface area contributed by atoms with Gasteiger partial charge in [-0.1, -0.05) is 6.07 Å². The zero-order chi connectivity index (χ0) is 17.1. The van der Waals surface area contributed by atoms with Gasteiger partial charge in [-0.05, 0) is 12.1 Å². The molecule has 24 heavy (non-hydrogen) atoms. The van der Waals surface area contributed by atoms with Crippen LogP contribution in [0.15, 0.2) is 41.9 Å². The molecule has 0 radical (unpaired) electrons. The van der Waals surface area contributed by atoms with Crippen molar-refractivity contribution in [1.82, 2.24) is 9.97 Å². The second-order valence-corrected chi connectivity index (χ2v) is 4.92. The maximum absolute atomic E-state index is 12.3. The maximum Gasteiger partial charge on any atom is 0.355 e. The molecule has 0 aliphatic carbocycles. The van der Waals surface area contributed by atoms with Crippen LogP contribution in [0, 0.1) is 0 Å². The number of aromatic nitrogens is 2. The number of hydrogen-bond donors (Lipinski definition) is 0. The van der Waals surface area contributed by atoms with Crippen LogP contribution in [0.3, 0.4) is 0 Å². The molecule has 1 aromatic heterocycles. The maximum atomic E-state index is 12.3. The van der Waals surface area contributed by atoms with Crippen LogP contribution < -0.4 is 4.90 Å². The van der Waals surface area contributed by atoms with Crippen molar-refractivity contribution in [3.8, 4) is 0 Å². The zero-order valence-electron chi connectivity index (χ0n) is 13.2. The Balaban J connectivity index is 2.20. The number of ether oxygens (including phenoxy) is 3. The molecule has 124 valence electrons. The van der Waals surface area contributed by atoms with Gasteiger partial charge in [0.2, 0.25) is 0 Å². The SMILES string of the molecule is COC(=O)C1=C(C(=O)OC)N(c2cccc3nccnc23)COC1. The van der Waals surface area contributed by atoms with Crippen molar-refractivity contribution >= 4 is 28.7 Å². The van der Waals surface area contributed by atoms with E-state index in [4.69, 9.17) is 14.2 Å². The van der Waals surface area contributed by atoms with Crippen molar-refractivity contribution < 1.29 is 23.8 Å². The van der Waals surface area contributed by atoms with Crippen LogP contribution in [-0.4, -0.2) is 49.5 Å². The first-order valence-electron chi connectivity index (χ1n) is 7.12. The van der Waals surface area contributed by atoms with E-state index in [9.17, 15) is 9.59 Å². The molecular weight excluding hydrogens is 314 g/mol. The molecule has 0 amide bonds. The van der Waals surface area contributed by atoms with E-state index in [-0.39, 0.29) is 24.6 Å². The Morgan fingerprint density at radius 2 is 1.88 bits per heavy atom. The lowest BCUT2D eigenvalue weighted by Gasteiger charge is -2.31. The molecule has 0 fully saturated rings. The highest BCUT2D eigenvalue weighted by atomic mass is 16.5. The van der Waals surface area contributed by atoms with Crippen LogP contribution >= 0.6 is 0 Å². The first kappa shape index (κ1) is 15.9. The minimum absolute atomic E-state index is 0.0376. The normalized spacial score (nSPS) is 14.7. The van der Waals surface area contributed by atoms with E-state index in [1.165, 1.54) is 14.2 Å². The fraction of sp³-hybridized carbons (Fsp3) is 0.250. The number of fused-ring (bicyclic) bond motifs is 1. The lowest BCUT2D eigenvalue weighted by Crippen LogP contribution is -2.39. The summed E-state index contributed by atoms with van der Waals surface area (Å²) in [6, 6.07) is 5.36. The van der Waals surface area contributed by atoms with Crippen LogP contribution in [0.1, 0.15) is 0 Å². The number of carbonyl (C=O) groups is 2. The molecule has 1 aliphatic heterocycles. The summed E-state index contributed by atoms with van der Waals surface area (Å²) in [6.07, 6.45) is 3.13. The highest BCUT2D eigenvalue weighted by Crippen LogP contribution is 2.30. The number of rotatable bonds is 3. The molecule has 3 rings (SSSR count). The lowest BCUT2D eigenvalue weighted by molar-refractivity contribution is -0.140. The summed E-state index contributed by atoms with van der Waals surface area (Å²) in [6.45, 7) is 0.0324. The molecule has 0 saturated carbocycles. The third-order valence-corrected chi connectivity index (χ3v) is 3.60. The summed E-state index contributed by atoms with van der Waals surface area (Å²) in [4.78, 5) is 34.4. The van der Waals surface area contributed by atoms with Crippen LogP contribution in [0.25, 0.3) is 11.0 Å². The topological polar surface area (TPSA) is 90.9 Å². The van der Waals surface area contributed by atoms with Gasteiger partial charge in [-0.3, -0.25) is 9.97 Å². The number of benzene rings is 1. The van der Waals surface area contributed by atoms with E-state index >= 15 is 0 Å². The van der Waals surface area contributed by atoms with Crippen molar-refractivity contribution in [1.29, 1.82) is 0 Å². The van der Waals surface area contributed by atoms with Gasteiger partial charge >= 0.3 is 11.9 Å². The predicted octanol–water partition coefficient (Wildman–Crippen LogP) is 1.02. The number of methoxy groups -OCH3 is 2. The minimum Gasteiger partial charge on any atom is -0.466 e. The fourth-order valence-electron chi connectivity index (χ4n) is 2.53. The number of hydrogen-bond acceptors (Lipinski definition) is 8. The minimum atomic E-state index is -0.653. The number of carbonyl (C=O) groups excluding carboxylic acids is 2. The standard InChI is InChI=1S/C16H15N3O5/c1-22-15(20)10-8-24-9-19(14(10)16(21)23-2)12-5-3-4-11-13(12)18-7-6-17-11/h3-7H,8-9H2,1-2H3. The Kier molecular flexibility index (Phi) is 4.39. The fourth-order valence-corrected chi connectivity index (χ4v) is 2.53. The molecule has 1 aromatic carbocycles. The van der Waals surface area contributed by atoms with E-state index < -0.39 is 11.9 Å². The summed E-state index contributed by atoms with van der Waals surface area (Å²) >= 11 is 0. The molecule has 0 spiro atoms. The first-order valence-corrected chi connectivity index (χ1v) is 7.12. The Morgan fingerprint density at radius 1 is 1.12 bits per heavy atom. The average Bonchev–Trinajstić information content (AvgIpc) is 2.65. The van der Waals surface area contributed by atoms with Gasteiger partial charge in [-0.25, -0.2) is 9.59 Å². The molecule has 0 N–H and O–H groups in total. The summed E-state index contributed by atoms with van der Waals surface area (Å²) in [7, 11) is 2.49. The Hall–Kier alpha value is -3.00. The largest absolute Gasteiger partial charge is 0.466 e. The molecule has 0 bridgehead atoms. The van der Waals surface area contributed by atoms with E-state index in [0.717, 1.165) is 0 Å². The number of esters is 2. The molecule has 1 aliphatic rings. The molecule has 8 nitrogen and oxygen atoms in total. The third kappa shape index (κ3) is 2.67. The average molecular weight is 329 g/mol. The molecule has 0 unspecified atom stereocenters. The zero-order valence-corrected chi connectivity index (χ0v) is 13.2. The van der Waals surface area contributed by atoms with Crippen LogP contribution in [0.2, 0.25) is 0 Å². The number of nitrogens with zero attached hydrogens (tertiary/aromatic N) is 3. The lowest BCUT2D eigenvalue weighted by atomic mass is 10.1. The monoisotopic (exact) mass is 329 g/mol. The van der Waals surface area contributed by atoms with Gasteiger partial charge in [0.25, 0.3) is 0 Å². The molecule has 2 heterocycles. The third-order valence-electron chi connectivity index (χ3n) is 3.60. The van der Waals surface area contributed by atoms with Crippen molar-refractivity contribution in [2.24, 2.45) is 0 Å². The quantitative estimate of drug-likeness (QED) is 0.771. The van der Waals surface area contributed by atoms with E-state index in [1.807, 2.05) is 0 Å². The molecule has 8 heteroatoms. The van der Waals surface area contributed by atoms with Gasteiger partial charge in [0.05, 0.1) is 37.6 Å². The smallest absolute Gasteiger partial charge is 0.355 e. The van der Waals surface area contributed by atoms with Gasteiger partial charge in [-0.2, -0.15) is 0 Å². The highest BCUT2D eigenvalue weighted by molar-refractivity contribution is 6.05. The van der Waals surface area contributed by atoms with E-state index in [1.54, 1.807) is 35.5 Å². The van der Waals surface area contributed by atoms with Gasteiger partial charge in [0.1, 0.15) is 17.9 Å². The van der Waals surface area contributed by atoms with Gasteiger partial charge in [0, 0.05) is 12.4 Å². The van der Waals surface area contributed by atoms with Crippen molar-refractivity contribution in [3.63, 3.8) is 0 Å². The first-order chi connectivity index (χ1) is 11.7. The predicted molar refractivity (Wildman–Crippen MR) is 83.9 cm³/mol. The van der Waals surface area contributed by atoms with Crippen LogP contribution in [0.4, 0.5) is 5.69 Å². The van der Waals surface area contributed by atoms with Crippen molar-refractivity contribution in [3.05, 3.63) is 41.9 Å². The second-order valence-electron chi connectivity index (χ2n) is 4.92. The van der Waals surface area contributed by atoms with Gasteiger partial charge < -0.3 is 19.1 Å². The number of anilines is 1. The Labute approximate surface area is 137 Å². The summed E-state index contributed by atoms with van der Waals surface area (Å²) in [5.74, 6) is -1.30.